The van der Waals surface area contributed by atoms with Gasteiger partial charge in [-0.25, -0.2) is 4.98 Å². The maximum atomic E-state index is 10.1. The molecule has 0 aliphatic carbocycles. The highest BCUT2D eigenvalue weighted by Crippen LogP contribution is 2.31. The van der Waals surface area contributed by atoms with Crippen LogP contribution in [0.4, 0.5) is 23.1 Å². The number of aromatic hydroxyl groups is 1. The van der Waals surface area contributed by atoms with Crippen molar-refractivity contribution in [1.82, 2.24) is 9.97 Å². The van der Waals surface area contributed by atoms with E-state index < -0.39 is 0 Å². The molecule has 120 valence electrons. The van der Waals surface area contributed by atoms with E-state index in [0.717, 1.165) is 24.1 Å². The second-order valence-electron chi connectivity index (χ2n) is 5.69. The molecule has 6 bridgehead atoms. The Bertz CT molecular complexity index is 913. The van der Waals surface area contributed by atoms with Gasteiger partial charge in [-0.2, -0.15) is 4.98 Å². The Morgan fingerprint density at radius 1 is 1.00 bits per heavy atom. The average Bonchev–Trinajstić information content (AvgIpc) is 2.59. The van der Waals surface area contributed by atoms with Crippen LogP contribution < -0.4 is 10.6 Å². The predicted molar refractivity (Wildman–Crippen MR) is 95.6 cm³/mol. The summed E-state index contributed by atoms with van der Waals surface area (Å²) >= 11 is 6.19. The maximum absolute atomic E-state index is 10.1. The van der Waals surface area contributed by atoms with Gasteiger partial charge in [-0.15, -0.1) is 0 Å². The highest BCUT2D eigenvalue weighted by atomic mass is 35.5. The van der Waals surface area contributed by atoms with Crippen molar-refractivity contribution in [2.75, 3.05) is 10.6 Å². The third kappa shape index (κ3) is 2.98. The number of anilines is 4. The van der Waals surface area contributed by atoms with Crippen LogP contribution in [-0.4, -0.2) is 15.1 Å². The van der Waals surface area contributed by atoms with Crippen LogP contribution in [0.15, 0.2) is 48.7 Å². The Morgan fingerprint density at radius 3 is 2.71 bits per heavy atom. The van der Waals surface area contributed by atoms with Gasteiger partial charge in [-0.05, 0) is 48.2 Å². The topological polar surface area (TPSA) is 70.1 Å². The summed E-state index contributed by atoms with van der Waals surface area (Å²) in [5, 5.41) is 16.8. The number of benzene rings is 2. The SMILES string of the molecule is Oc1ccc2cc1Nc1nc(ncc1Cl)Nc1cccc(c1)CC2. The third-order valence-electron chi connectivity index (χ3n) is 3.94. The van der Waals surface area contributed by atoms with Gasteiger partial charge in [0.25, 0.3) is 0 Å². The summed E-state index contributed by atoms with van der Waals surface area (Å²) in [5.41, 5.74) is 3.84. The van der Waals surface area contributed by atoms with Crippen molar-refractivity contribution in [2.24, 2.45) is 0 Å². The Morgan fingerprint density at radius 2 is 1.83 bits per heavy atom. The van der Waals surface area contributed by atoms with Crippen LogP contribution >= 0.6 is 11.6 Å². The Balaban J connectivity index is 1.85. The molecule has 6 heteroatoms. The molecule has 3 aromatic rings. The first-order valence-electron chi connectivity index (χ1n) is 7.65. The lowest BCUT2D eigenvalue weighted by molar-refractivity contribution is 0.477. The highest BCUT2D eigenvalue weighted by Gasteiger charge is 2.11. The minimum atomic E-state index is 0.151. The van der Waals surface area contributed by atoms with Crippen molar-refractivity contribution < 1.29 is 5.11 Å². The first kappa shape index (κ1) is 14.8. The summed E-state index contributed by atoms with van der Waals surface area (Å²) in [6.07, 6.45) is 3.30. The zero-order valence-corrected chi connectivity index (χ0v) is 13.5. The molecule has 0 amide bonds. The lowest BCUT2D eigenvalue weighted by Crippen LogP contribution is -2.01. The molecule has 1 aliphatic rings. The summed E-state index contributed by atoms with van der Waals surface area (Å²) in [7, 11) is 0. The van der Waals surface area contributed by atoms with Gasteiger partial charge >= 0.3 is 0 Å². The van der Waals surface area contributed by atoms with Crippen molar-refractivity contribution in [2.45, 2.75) is 12.8 Å². The monoisotopic (exact) mass is 338 g/mol. The molecular formula is C18H15ClN4O. The van der Waals surface area contributed by atoms with Crippen molar-refractivity contribution in [1.29, 1.82) is 0 Å². The van der Waals surface area contributed by atoms with Crippen molar-refractivity contribution in [3.63, 3.8) is 0 Å². The number of aromatic nitrogens is 2. The second kappa shape index (κ2) is 6.02. The number of rotatable bonds is 0. The number of hydrogen-bond acceptors (Lipinski definition) is 5. The average molecular weight is 339 g/mol. The van der Waals surface area contributed by atoms with Gasteiger partial charge < -0.3 is 15.7 Å². The van der Waals surface area contributed by atoms with Crippen LogP contribution in [0.1, 0.15) is 11.1 Å². The van der Waals surface area contributed by atoms with E-state index in [2.05, 4.69) is 32.7 Å². The standard InChI is InChI=1S/C18H15ClN4O/c19-14-10-20-18-21-13-3-1-2-11(8-13)4-5-12-6-7-16(24)15(9-12)22-17(14)23-18/h1-3,6-10,24H,4-5H2,(H2,20,21,22,23). The van der Waals surface area contributed by atoms with Gasteiger partial charge in [0, 0.05) is 5.69 Å². The molecule has 2 heterocycles. The number of nitrogens with one attached hydrogen (secondary N) is 2. The van der Waals surface area contributed by atoms with E-state index in [1.165, 1.54) is 11.8 Å². The summed E-state index contributed by atoms with van der Waals surface area (Å²) in [6.45, 7) is 0. The molecular weight excluding hydrogens is 324 g/mol. The van der Waals surface area contributed by atoms with E-state index in [9.17, 15) is 5.11 Å². The minimum Gasteiger partial charge on any atom is -0.506 e. The molecule has 5 nitrogen and oxygen atoms in total. The molecule has 0 unspecified atom stereocenters. The van der Waals surface area contributed by atoms with Crippen LogP contribution in [0, 0.1) is 0 Å². The van der Waals surface area contributed by atoms with E-state index >= 15 is 0 Å². The summed E-state index contributed by atoms with van der Waals surface area (Å²) < 4.78 is 0. The number of fused-ring (bicyclic) bond motifs is 6. The normalized spacial score (nSPS) is 12.9. The predicted octanol–water partition coefficient (Wildman–Crippen LogP) is 4.42. The lowest BCUT2D eigenvalue weighted by atomic mass is 10.0. The van der Waals surface area contributed by atoms with Crippen LogP contribution in [-0.2, 0) is 12.8 Å². The molecule has 0 spiro atoms. The Kier molecular flexibility index (Phi) is 3.70. The first-order chi connectivity index (χ1) is 11.7. The highest BCUT2D eigenvalue weighted by molar-refractivity contribution is 6.32. The summed E-state index contributed by atoms with van der Waals surface area (Å²) in [5.74, 6) is 1.03. The zero-order chi connectivity index (χ0) is 16.5. The zero-order valence-electron chi connectivity index (χ0n) is 12.8. The minimum absolute atomic E-state index is 0.151. The van der Waals surface area contributed by atoms with Crippen LogP contribution in [0.5, 0.6) is 5.75 Å². The smallest absolute Gasteiger partial charge is 0.229 e. The number of aryl methyl sites for hydroxylation is 2. The van der Waals surface area contributed by atoms with Gasteiger partial charge in [0.1, 0.15) is 10.8 Å². The molecule has 2 aromatic carbocycles. The van der Waals surface area contributed by atoms with Crippen LogP contribution in [0.25, 0.3) is 0 Å². The first-order valence-corrected chi connectivity index (χ1v) is 8.02. The molecule has 0 saturated carbocycles. The molecule has 0 fully saturated rings. The Hall–Kier alpha value is -2.79. The second-order valence-corrected chi connectivity index (χ2v) is 6.10. The van der Waals surface area contributed by atoms with Crippen LogP contribution in [0.2, 0.25) is 5.02 Å². The molecule has 0 radical (unpaired) electrons. The van der Waals surface area contributed by atoms with Gasteiger partial charge in [0.2, 0.25) is 5.95 Å². The van der Waals surface area contributed by atoms with E-state index in [0.29, 0.717) is 22.5 Å². The van der Waals surface area contributed by atoms with E-state index in [4.69, 9.17) is 11.6 Å². The van der Waals surface area contributed by atoms with Crippen molar-refractivity contribution in [3.05, 3.63) is 64.8 Å². The number of phenols is 1. The fourth-order valence-electron chi connectivity index (χ4n) is 2.70. The molecule has 4 rings (SSSR count). The molecule has 1 aliphatic heterocycles. The molecule has 0 atom stereocenters. The fourth-order valence-corrected chi connectivity index (χ4v) is 2.84. The molecule has 1 aromatic heterocycles. The summed E-state index contributed by atoms with van der Waals surface area (Å²) in [4.78, 5) is 8.62. The Labute approximate surface area is 144 Å². The van der Waals surface area contributed by atoms with E-state index in [1.807, 2.05) is 24.3 Å². The fraction of sp³-hybridized carbons (Fsp3) is 0.111. The summed E-state index contributed by atoms with van der Waals surface area (Å²) in [6, 6.07) is 13.7. The number of phenolic OH excluding ortho intramolecular Hbond substituents is 1. The molecule has 3 N–H and O–H groups in total. The number of hydrogen-bond donors (Lipinski definition) is 3. The maximum Gasteiger partial charge on any atom is 0.229 e. The van der Waals surface area contributed by atoms with Gasteiger partial charge in [-0.1, -0.05) is 29.8 Å². The van der Waals surface area contributed by atoms with E-state index in [-0.39, 0.29) is 5.75 Å². The van der Waals surface area contributed by atoms with Crippen molar-refractivity contribution in [3.8, 4) is 5.75 Å². The number of halogens is 1. The largest absolute Gasteiger partial charge is 0.506 e. The quantitative estimate of drug-likeness (QED) is 0.529. The van der Waals surface area contributed by atoms with Crippen molar-refractivity contribution >= 4 is 34.7 Å². The van der Waals surface area contributed by atoms with Gasteiger partial charge in [0.15, 0.2) is 5.82 Å². The van der Waals surface area contributed by atoms with E-state index in [1.54, 1.807) is 6.07 Å². The van der Waals surface area contributed by atoms with Crippen LogP contribution in [0.3, 0.4) is 0 Å². The molecule has 0 saturated heterocycles. The molecule has 24 heavy (non-hydrogen) atoms. The van der Waals surface area contributed by atoms with Gasteiger partial charge in [-0.3, -0.25) is 0 Å². The third-order valence-corrected chi connectivity index (χ3v) is 4.22. The lowest BCUT2D eigenvalue weighted by Gasteiger charge is -2.11. The number of nitrogens with zero attached hydrogens (tertiary/aromatic N) is 2. The van der Waals surface area contributed by atoms with Gasteiger partial charge in [0.05, 0.1) is 11.9 Å².